The fraction of sp³-hybridized carbons (Fsp3) is 0.480. The van der Waals surface area contributed by atoms with Crippen LogP contribution in [0.1, 0.15) is 64.7 Å². The van der Waals surface area contributed by atoms with Crippen LogP contribution in [0.4, 0.5) is 8.78 Å². The van der Waals surface area contributed by atoms with Gasteiger partial charge in [-0.2, -0.15) is 0 Å². The van der Waals surface area contributed by atoms with Crippen LogP contribution >= 0.6 is 0 Å². The predicted octanol–water partition coefficient (Wildman–Crippen LogP) is 2.38. The van der Waals surface area contributed by atoms with E-state index in [-0.39, 0.29) is 29.9 Å². The first-order valence-electron chi connectivity index (χ1n) is 11.9. The Morgan fingerprint density at radius 2 is 1.94 bits per heavy atom. The first-order valence-corrected chi connectivity index (χ1v) is 11.9. The van der Waals surface area contributed by atoms with E-state index in [9.17, 15) is 28.3 Å². The minimum Gasteiger partial charge on any atom is -0.503 e. The molecule has 1 spiro atoms. The zero-order valence-electron chi connectivity index (χ0n) is 20.1. The van der Waals surface area contributed by atoms with Crippen molar-refractivity contribution < 1.29 is 33.0 Å². The van der Waals surface area contributed by atoms with Crippen LogP contribution < -0.4 is 10.7 Å². The normalized spacial score (nSPS) is 27.2. The molecule has 0 saturated carbocycles. The molecule has 11 heteroatoms. The maximum Gasteiger partial charge on any atom is 0.274 e. The lowest BCUT2D eigenvalue weighted by Crippen LogP contribution is -2.52. The smallest absolute Gasteiger partial charge is 0.274 e. The number of amides is 2. The maximum atomic E-state index is 14.2. The molecule has 2 N–H and O–H groups in total. The number of nitrogens with one attached hydrogen (secondary N) is 1. The fourth-order valence-electron chi connectivity index (χ4n) is 5.33. The zero-order chi connectivity index (χ0) is 25.9. The summed E-state index contributed by atoms with van der Waals surface area (Å²) in [6.07, 6.45) is 2.03. The number of halogens is 2. The summed E-state index contributed by atoms with van der Waals surface area (Å²) in [4.78, 5) is 40.8. The van der Waals surface area contributed by atoms with E-state index in [1.54, 1.807) is 4.90 Å². The Morgan fingerprint density at radius 3 is 2.58 bits per heavy atom. The number of fused-ring (bicyclic) bond motifs is 5. The summed E-state index contributed by atoms with van der Waals surface area (Å²) >= 11 is 0. The molecule has 0 unspecified atom stereocenters. The van der Waals surface area contributed by atoms with Crippen molar-refractivity contribution in [1.82, 2.24) is 14.8 Å². The minimum absolute atomic E-state index is 0.187. The summed E-state index contributed by atoms with van der Waals surface area (Å²) in [6, 6.07) is 1.45. The molecule has 4 heterocycles. The van der Waals surface area contributed by atoms with Crippen molar-refractivity contribution in [3.8, 4) is 5.75 Å². The van der Waals surface area contributed by atoms with Crippen molar-refractivity contribution in [2.24, 2.45) is 0 Å². The molecule has 4 atom stereocenters. The summed E-state index contributed by atoms with van der Waals surface area (Å²) in [7, 11) is 0. The summed E-state index contributed by atoms with van der Waals surface area (Å²) in [6.45, 7) is 5.29. The maximum absolute atomic E-state index is 14.2. The average Bonchev–Trinajstić information content (AvgIpc) is 3.14. The van der Waals surface area contributed by atoms with Gasteiger partial charge in [0.05, 0.1) is 12.7 Å². The van der Waals surface area contributed by atoms with Crippen molar-refractivity contribution in [2.75, 3.05) is 13.2 Å². The lowest BCUT2D eigenvalue weighted by Gasteiger charge is -2.42. The SMILES string of the molecule is Cc1cc(F)c(CNC(=O)c2cn3c(c(O)c2=O)C(=O)N2C[C@@H]3[C@@]3(CC[C@@H]2C)OC[C@@H](C)O3)c(F)c1. The van der Waals surface area contributed by atoms with Crippen LogP contribution in [0.15, 0.2) is 23.1 Å². The van der Waals surface area contributed by atoms with Gasteiger partial charge >= 0.3 is 0 Å². The van der Waals surface area contributed by atoms with E-state index >= 15 is 0 Å². The molecule has 2 aromatic rings. The number of hydrogen-bond donors (Lipinski definition) is 2. The van der Waals surface area contributed by atoms with Gasteiger partial charge in [0.25, 0.3) is 11.8 Å². The molecule has 2 bridgehead atoms. The summed E-state index contributed by atoms with van der Waals surface area (Å²) in [5.41, 5.74) is -1.75. The number of aromatic nitrogens is 1. The Balaban J connectivity index is 1.55. The number of nitrogens with zero attached hydrogens (tertiary/aromatic N) is 2. The average molecular weight is 504 g/mol. The molecular formula is C25H27F2N3O6. The van der Waals surface area contributed by atoms with E-state index in [0.29, 0.717) is 25.0 Å². The molecule has 3 aliphatic rings. The first kappa shape index (κ1) is 24.4. The van der Waals surface area contributed by atoms with Crippen LogP contribution in [0, 0.1) is 18.6 Å². The van der Waals surface area contributed by atoms with Crippen LogP contribution in [0.2, 0.25) is 0 Å². The van der Waals surface area contributed by atoms with Gasteiger partial charge < -0.3 is 29.4 Å². The van der Waals surface area contributed by atoms with E-state index in [0.717, 1.165) is 12.1 Å². The molecule has 3 aliphatic heterocycles. The van der Waals surface area contributed by atoms with Crippen LogP contribution in [0.5, 0.6) is 5.75 Å². The summed E-state index contributed by atoms with van der Waals surface area (Å²) in [5.74, 6) is -5.12. The Hall–Kier alpha value is -3.31. The number of rotatable bonds is 3. The molecule has 9 nitrogen and oxygen atoms in total. The van der Waals surface area contributed by atoms with Crippen molar-refractivity contribution in [3.05, 3.63) is 62.6 Å². The molecule has 0 aliphatic carbocycles. The van der Waals surface area contributed by atoms with Gasteiger partial charge in [0.2, 0.25) is 5.43 Å². The van der Waals surface area contributed by atoms with Crippen LogP contribution in [0.25, 0.3) is 0 Å². The number of ether oxygens (including phenoxy) is 2. The molecule has 1 aromatic heterocycles. The van der Waals surface area contributed by atoms with Crippen LogP contribution in [-0.2, 0) is 16.0 Å². The van der Waals surface area contributed by atoms with Gasteiger partial charge in [-0.3, -0.25) is 14.4 Å². The van der Waals surface area contributed by atoms with Gasteiger partial charge in [0, 0.05) is 37.3 Å². The van der Waals surface area contributed by atoms with Crippen molar-refractivity contribution in [2.45, 2.75) is 64.1 Å². The second-order valence-corrected chi connectivity index (χ2v) is 9.78. The molecular weight excluding hydrogens is 476 g/mol. The lowest BCUT2D eigenvalue weighted by molar-refractivity contribution is -0.201. The molecule has 2 amide bonds. The number of aromatic hydroxyl groups is 1. The predicted molar refractivity (Wildman–Crippen MR) is 123 cm³/mol. The number of hydrogen-bond acceptors (Lipinski definition) is 6. The summed E-state index contributed by atoms with van der Waals surface area (Å²) < 4.78 is 42.1. The molecule has 2 saturated heterocycles. The Kier molecular flexibility index (Phi) is 5.87. The van der Waals surface area contributed by atoms with E-state index in [1.165, 1.54) is 17.7 Å². The largest absolute Gasteiger partial charge is 0.503 e. The lowest BCUT2D eigenvalue weighted by atomic mass is 9.99. The molecule has 2 fully saturated rings. The minimum atomic E-state index is -1.11. The van der Waals surface area contributed by atoms with Crippen molar-refractivity contribution in [3.63, 3.8) is 0 Å². The zero-order valence-corrected chi connectivity index (χ0v) is 20.1. The number of carbonyl (C=O) groups is 2. The molecule has 5 rings (SSSR count). The van der Waals surface area contributed by atoms with Gasteiger partial charge in [-0.25, -0.2) is 8.78 Å². The van der Waals surface area contributed by atoms with E-state index in [4.69, 9.17) is 9.47 Å². The monoisotopic (exact) mass is 503 g/mol. The number of carbonyl (C=O) groups excluding carboxylic acids is 2. The van der Waals surface area contributed by atoms with Gasteiger partial charge in [-0.1, -0.05) is 0 Å². The quantitative estimate of drug-likeness (QED) is 0.666. The van der Waals surface area contributed by atoms with Gasteiger partial charge in [0.1, 0.15) is 23.2 Å². The summed E-state index contributed by atoms with van der Waals surface area (Å²) in [5, 5.41) is 13.1. The van der Waals surface area contributed by atoms with Crippen molar-refractivity contribution in [1.29, 1.82) is 0 Å². The third-order valence-electron chi connectivity index (χ3n) is 7.25. The van der Waals surface area contributed by atoms with Crippen molar-refractivity contribution >= 4 is 11.8 Å². The highest BCUT2D eigenvalue weighted by molar-refractivity contribution is 5.99. The van der Waals surface area contributed by atoms with E-state index in [2.05, 4.69) is 5.32 Å². The number of pyridine rings is 1. The first-order chi connectivity index (χ1) is 17.0. The molecule has 1 aromatic carbocycles. The van der Waals surface area contributed by atoms with E-state index < -0.39 is 58.6 Å². The Morgan fingerprint density at radius 1 is 1.25 bits per heavy atom. The van der Waals surface area contributed by atoms with Gasteiger partial charge in [0.15, 0.2) is 17.2 Å². The molecule has 192 valence electrons. The third-order valence-corrected chi connectivity index (χ3v) is 7.25. The highest BCUT2D eigenvalue weighted by atomic mass is 19.1. The highest BCUT2D eigenvalue weighted by Gasteiger charge is 2.54. The van der Waals surface area contributed by atoms with E-state index in [1.807, 2.05) is 13.8 Å². The van der Waals surface area contributed by atoms with Gasteiger partial charge in [-0.05, 0) is 44.9 Å². The standard InChI is InChI=1S/C25H27F2N3O6/c1-12-6-17(26)15(18(27)7-12)8-28-23(33)16-9-30-19-10-29(24(34)20(30)22(32)21(16)31)13(2)4-5-25(19)35-11-14(3)36-25/h6-7,9,13-14,19,32H,4-5,8,10-11H2,1-3H3,(H,28,33)/t13-,14+,19+,25-/m0/s1. The highest BCUT2D eigenvalue weighted by Crippen LogP contribution is 2.45. The number of aryl methyl sites for hydroxylation is 1. The Labute approximate surface area is 205 Å². The van der Waals surface area contributed by atoms with Gasteiger partial charge in [-0.15, -0.1) is 0 Å². The fourth-order valence-corrected chi connectivity index (χ4v) is 5.33. The van der Waals surface area contributed by atoms with Crippen LogP contribution in [0.3, 0.4) is 0 Å². The second kappa shape index (κ2) is 8.67. The Bertz CT molecular complexity index is 1300. The second-order valence-electron chi connectivity index (χ2n) is 9.78. The van der Waals surface area contributed by atoms with Crippen LogP contribution in [-0.4, -0.2) is 57.5 Å². The molecule has 36 heavy (non-hydrogen) atoms. The topological polar surface area (TPSA) is 110 Å². The third kappa shape index (κ3) is 3.77. The molecule has 0 radical (unpaired) electrons. The number of benzene rings is 1.